The first-order valence-corrected chi connectivity index (χ1v) is 6.94. The van der Waals surface area contributed by atoms with E-state index in [9.17, 15) is 13.6 Å². The minimum atomic E-state index is -2.91. The average Bonchev–Trinajstić information content (AvgIpc) is 2.52. The number of hydrogen-bond donors (Lipinski definition) is 1. The topological polar surface area (TPSA) is 38.3 Å². The van der Waals surface area contributed by atoms with E-state index in [0.29, 0.717) is 12.1 Å². The van der Waals surface area contributed by atoms with Gasteiger partial charge in [-0.1, -0.05) is 43.3 Å². The van der Waals surface area contributed by atoms with E-state index in [-0.39, 0.29) is 17.6 Å². The second-order valence-electron chi connectivity index (χ2n) is 4.93. The zero-order valence-corrected chi connectivity index (χ0v) is 12.1. The van der Waals surface area contributed by atoms with Crippen LogP contribution in [0.3, 0.4) is 0 Å². The van der Waals surface area contributed by atoms with Crippen molar-refractivity contribution in [3.05, 3.63) is 65.7 Å². The van der Waals surface area contributed by atoms with Gasteiger partial charge in [-0.05, 0) is 29.7 Å². The number of nitrogens with one attached hydrogen (secondary N) is 1. The molecule has 0 unspecified atom stereocenters. The second kappa shape index (κ2) is 7.54. The summed E-state index contributed by atoms with van der Waals surface area (Å²) in [5.74, 6) is -0.188. The number of ether oxygens (including phenoxy) is 1. The van der Waals surface area contributed by atoms with E-state index in [0.717, 1.165) is 5.56 Å². The lowest BCUT2D eigenvalue weighted by atomic mass is 10.0. The zero-order chi connectivity index (χ0) is 15.9. The third-order valence-electron chi connectivity index (χ3n) is 3.26. The maximum atomic E-state index is 12.2. The van der Waals surface area contributed by atoms with Crippen molar-refractivity contribution in [2.24, 2.45) is 0 Å². The Labute approximate surface area is 127 Å². The van der Waals surface area contributed by atoms with Gasteiger partial charge in [0.15, 0.2) is 0 Å². The third-order valence-corrected chi connectivity index (χ3v) is 3.26. The van der Waals surface area contributed by atoms with Gasteiger partial charge in [0, 0.05) is 12.1 Å². The summed E-state index contributed by atoms with van der Waals surface area (Å²) in [7, 11) is 0. The summed E-state index contributed by atoms with van der Waals surface area (Å²) in [5.41, 5.74) is 1.41. The van der Waals surface area contributed by atoms with Crippen LogP contribution in [-0.4, -0.2) is 19.1 Å². The lowest BCUT2D eigenvalue weighted by Crippen LogP contribution is -2.27. The highest BCUT2D eigenvalue weighted by atomic mass is 19.3. The molecule has 22 heavy (non-hydrogen) atoms. The van der Waals surface area contributed by atoms with E-state index in [1.54, 1.807) is 6.07 Å². The van der Waals surface area contributed by atoms with Crippen LogP contribution in [0.25, 0.3) is 0 Å². The molecule has 0 spiro atoms. The smallest absolute Gasteiger partial charge is 0.387 e. The Kier molecular flexibility index (Phi) is 5.47. The number of hydrogen-bond acceptors (Lipinski definition) is 2. The minimum absolute atomic E-state index is 0.0289. The van der Waals surface area contributed by atoms with Crippen LogP contribution in [0, 0.1) is 0 Å². The van der Waals surface area contributed by atoms with Crippen molar-refractivity contribution in [3.63, 3.8) is 0 Å². The predicted molar refractivity (Wildman–Crippen MR) is 80.3 cm³/mol. The highest BCUT2D eigenvalue weighted by Crippen LogP contribution is 2.17. The highest BCUT2D eigenvalue weighted by molar-refractivity contribution is 5.94. The van der Waals surface area contributed by atoms with E-state index >= 15 is 0 Å². The Morgan fingerprint density at radius 3 is 2.55 bits per heavy atom. The van der Waals surface area contributed by atoms with Crippen molar-refractivity contribution >= 4 is 5.91 Å². The third kappa shape index (κ3) is 4.55. The second-order valence-corrected chi connectivity index (χ2v) is 4.93. The highest BCUT2D eigenvalue weighted by Gasteiger charge is 2.11. The van der Waals surface area contributed by atoms with Crippen molar-refractivity contribution in [3.8, 4) is 5.75 Å². The molecule has 1 amide bonds. The number of rotatable bonds is 6. The molecular formula is C17H17F2NO2. The molecule has 2 aromatic carbocycles. The van der Waals surface area contributed by atoms with Gasteiger partial charge >= 0.3 is 6.61 Å². The summed E-state index contributed by atoms with van der Waals surface area (Å²) in [6, 6.07) is 15.6. The lowest BCUT2D eigenvalue weighted by Gasteiger charge is -2.13. The molecule has 2 rings (SSSR count). The molecule has 0 aliphatic rings. The van der Waals surface area contributed by atoms with Gasteiger partial charge in [0.05, 0.1) is 0 Å². The van der Waals surface area contributed by atoms with Crippen LogP contribution < -0.4 is 10.1 Å². The van der Waals surface area contributed by atoms with Crippen LogP contribution in [0.4, 0.5) is 8.78 Å². The lowest BCUT2D eigenvalue weighted by molar-refractivity contribution is -0.0498. The van der Waals surface area contributed by atoms with E-state index in [1.165, 1.54) is 18.2 Å². The number of carbonyl (C=O) groups excluding carboxylic acids is 1. The first-order valence-electron chi connectivity index (χ1n) is 6.94. The normalized spacial score (nSPS) is 12.0. The Hall–Kier alpha value is -2.43. The minimum Gasteiger partial charge on any atom is -0.435 e. The van der Waals surface area contributed by atoms with Crippen molar-refractivity contribution in [1.29, 1.82) is 0 Å². The van der Waals surface area contributed by atoms with Gasteiger partial charge in [0.1, 0.15) is 5.75 Å². The van der Waals surface area contributed by atoms with Crippen LogP contribution in [0.5, 0.6) is 5.75 Å². The molecule has 0 heterocycles. The molecule has 1 N–H and O–H groups in total. The molecule has 116 valence electrons. The molecule has 0 radical (unpaired) electrons. The summed E-state index contributed by atoms with van der Waals surface area (Å²) >= 11 is 0. The largest absolute Gasteiger partial charge is 0.435 e. The molecule has 1 atom stereocenters. The maximum absolute atomic E-state index is 12.2. The standard InChI is InChI=1S/C17H17F2NO2/c1-12(13-6-3-2-4-7-13)11-20-16(21)14-8-5-9-15(10-14)22-17(18)19/h2-10,12,17H,11H2,1H3,(H,20,21)/t12-/m0/s1. The Balaban J connectivity index is 1.95. The van der Waals surface area contributed by atoms with Gasteiger partial charge in [-0.15, -0.1) is 0 Å². The van der Waals surface area contributed by atoms with E-state index in [2.05, 4.69) is 10.1 Å². The van der Waals surface area contributed by atoms with E-state index in [1.807, 2.05) is 37.3 Å². The molecule has 0 aliphatic carbocycles. The fourth-order valence-corrected chi connectivity index (χ4v) is 2.06. The molecule has 0 fully saturated rings. The van der Waals surface area contributed by atoms with Crippen molar-refractivity contribution in [2.75, 3.05) is 6.54 Å². The SMILES string of the molecule is C[C@@H](CNC(=O)c1cccc(OC(F)F)c1)c1ccccc1. The molecule has 5 heteroatoms. The predicted octanol–water partition coefficient (Wildman–Crippen LogP) is 3.82. The van der Waals surface area contributed by atoms with Crippen LogP contribution in [0.1, 0.15) is 28.8 Å². The van der Waals surface area contributed by atoms with Crippen LogP contribution in [0.2, 0.25) is 0 Å². The number of benzene rings is 2. The van der Waals surface area contributed by atoms with Gasteiger partial charge in [-0.2, -0.15) is 8.78 Å². The van der Waals surface area contributed by atoms with Crippen molar-refractivity contribution in [1.82, 2.24) is 5.32 Å². The van der Waals surface area contributed by atoms with E-state index in [4.69, 9.17) is 0 Å². The first-order chi connectivity index (χ1) is 10.6. The number of carbonyl (C=O) groups is 1. The summed E-state index contributed by atoms with van der Waals surface area (Å²) < 4.78 is 28.6. The quantitative estimate of drug-likeness (QED) is 0.881. The van der Waals surface area contributed by atoms with Gasteiger partial charge in [0.2, 0.25) is 0 Å². The molecule has 0 saturated heterocycles. The Bertz CT molecular complexity index is 617. The summed E-state index contributed by atoms with van der Waals surface area (Å²) in [5, 5.41) is 2.80. The average molecular weight is 305 g/mol. The molecule has 0 aromatic heterocycles. The fraction of sp³-hybridized carbons (Fsp3) is 0.235. The Morgan fingerprint density at radius 2 is 1.86 bits per heavy atom. The summed E-state index contributed by atoms with van der Waals surface area (Å²) in [4.78, 5) is 12.1. The molecule has 3 nitrogen and oxygen atoms in total. The van der Waals surface area contributed by atoms with Crippen molar-refractivity contribution in [2.45, 2.75) is 19.5 Å². The molecule has 0 aliphatic heterocycles. The number of alkyl halides is 2. The van der Waals surface area contributed by atoms with Gasteiger partial charge in [0.25, 0.3) is 5.91 Å². The number of halogens is 2. The van der Waals surface area contributed by atoms with E-state index < -0.39 is 6.61 Å². The van der Waals surface area contributed by atoms with Gasteiger partial charge in [-0.25, -0.2) is 0 Å². The number of amides is 1. The molecular weight excluding hydrogens is 288 g/mol. The monoisotopic (exact) mass is 305 g/mol. The molecule has 0 bridgehead atoms. The van der Waals surface area contributed by atoms with Gasteiger partial charge in [-0.3, -0.25) is 4.79 Å². The van der Waals surface area contributed by atoms with Gasteiger partial charge < -0.3 is 10.1 Å². The summed E-state index contributed by atoms with van der Waals surface area (Å²) in [6.45, 7) is -0.439. The maximum Gasteiger partial charge on any atom is 0.387 e. The summed E-state index contributed by atoms with van der Waals surface area (Å²) in [6.07, 6.45) is 0. The van der Waals surface area contributed by atoms with Crippen LogP contribution in [0.15, 0.2) is 54.6 Å². The van der Waals surface area contributed by atoms with Crippen LogP contribution in [-0.2, 0) is 0 Å². The van der Waals surface area contributed by atoms with Crippen LogP contribution >= 0.6 is 0 Å². The fourth-order valence-electron chi connectivity index (χ4n) is 2.06. The molecule has 0 saturated carbocycles. The Morgan fingerprint density at radius 1 is 1.14 bits per heavy atom. The first kappa shape index (κ1) is 15.9. The zero-order valence-electron chi connectivity index (χ0n) is 12.1. The van der Waals surface area contributed by atoms with Crippen molar-refractivity contribution < 1.29 is 18.3 Å². The molecule has 2 aromatic rings.